The molecule has 1 aromatic heterocycles. The van der Waals surface area contributed by atoms with Gasteiger partial charge in [-0.1, -0.05) is 13.8 Å². The molecule has 0 unspecified atom stereocenters. The van der Waals surface area contributed by atoms with E-state index < -0.39 is 17.6 Å². The fourth-order valence-electron chi connectivity index (χ4n) is 1.29. The van der Waals surface area contributed by atoms with Gasteiger partial charge in [-0.15, -0.1) is 0 Å². The third-order valence-corrected chi connectivity index (χ3v) is 2.14. The molecular formula is C10H11F4N. The number of aromatic nitrogens is 1. The molecule has 0 saturated carbocycles. The van der Waals surface area contributed by atoms with Gasteiger partial charge in [0.15, 0.2) is 0 Å². The van der Waals surface area contributed by atoms with Crippen molar-refractivity contribution in [2.24, 2.45) is 0 Å². The molecular weight excluding hydrogens is 210 g/mol. The molecule has 0 aliphatic heterocycles. The maximum atomic E-state index is 13.5. The van der Waals surface area contributed by atoms with Gasteiger partial charge in [-0.05, 0) is 12.8 Å². The number of hydrogen-bond donors (Lipinski definition) is 0. The summed E-state index contributed by atoms with van der Waals surface area (Å²) in [4.78, 5) is 3.51. The summed E-state index contributed by atoms with van der Waals surface area (Å²) >= 11 is 0. The van der Waals surface area contributed by atoms with Crippen molar-refractivity contribution < 1.29 is 17.6 Å². The molecule has 0 bridgehead atoms. The maximum Gasteiger partial charge on any atom is 0.418 e. The molecule has 1 heterocycles. The van der Waals surface area contributed by atoms with Crippen LogP contribution in [-0.4, -0.2) is 4.98 Å². The van der Waals surface area contributed by atoms with Gasteiger partial charge in [-0.3, -0.25) is 4.98 Å². The number of hydrogen-bond acceptors (Lipinski definition) is 1. The molecule has 0 amide bonds. The minimum absolute atomic E-state index is 0.0699. The van der Waals surface area contributed by atoms with E-state index in [1.165, 1.54) is 0 Å². The summed E-state index contributed by atoms with van der Waals surface area (Å²) in [5.74, 6) is -1.09. The van der Waals surface area contributed by atoms with Gasteiger partial charge >= 0.3 is 6.18 Å². The number of nitrogens with zero attached hydrogens (tertiary/aromatic N) is 1. The van der Waals surface area contributed by atoms with Crippen LogP contribution in [0.4, 0.5) is 17.6 Å². The van der Waals surface area contributed by atoms with Gasteiger partial charge in [0.25, 0.3) is 0 Å². The Kier molecular flexibility index (Phi) is 3.02. The molecule has 0 fully saturated rings. The Morgan fingerprint density at radius 3 is 2.20 bits per heavy atom. The van der Waals surface area contributed by atoms with Crippen molar-refractivity contribution in [2.45, 2.75) is 32.9 Å². The smallest absolute Gasteiger partial charge is 0.257 e. The second-order valence-electron chi connectivity index (χ2n) is 3.65. The van der Waals surface area contributed by atoms with Crippen LogP contribution in [0.15, 0.2) is 6.20 Å². The highest BCUT2D eigenvalue weighted by molar-refractivity contribution is 5.30. The highest BCUT2D eigenvalue weighted by Crippen LogP contribution is 2.33. The minimum atomic E-state index is -4.55. The molecule has 0 atom stereocenters. The zero-order valence-electron chi connectivity index (χ0n) is 8.61. The average Bonchev–Trinajstić information content (AvgIpc) is 2.06. The normalized spacial score (nSPS) is 12.3. The quantitative estimate of drug-likeness (QED) is 0.659. The van der Waals surface area contributed by atoms with Crippen molar-refractivity contribution >= 4 is 0 Å². The van der Waals surface area contributed by atoms with Crippen LogP contribution in [0.5, 0.6) is 0 Å². The van der Waals surface area contributed by atoms with Crippen LogP contribution in [0.25, 0.3) is 0 Å². The lowest BCUT2D eigenvalue weighted by Gasteiger charge is -2.13. The molecule has 0 N–H and O–H groups in total. The first-order chi connectivity index (χ1) is 6.75. The molecule has 0 radical (unpaired) electrons. The van der Waals surface area contributed by atoms with Crippen molar-refractivity contribution in [1.82, 2.24) is 4.98 Å². The van der Waals surface area contributed by atoms with Crippen LogP contribution in [0.1, 0.15) is 36.6 Å². The number of halogens is 4. The molecule has 0 aliphatic carbocycles. The lowest BCUT2D eigenvalue weighted by Crippen LogP contribution is -2.12. The Hall–Kier alpha value is -1.13. The van der Waals surface area contributed by atoms with E-state index >= 15 is 0 Å². The molecule has 1 rings (SSSR count). The second kappa shape index (κ2) is 3.79. The van der Waals surface area contributed by atoms with E-state index in [2.05, 4.69) is 4.98 Å². The van der Waals surface area contributed by atoms with Crippen LogP contribution in [0.2, 0.25) is 0 Å². The summed E-state index contributed by atoms with van der Waals surface area (Å²) in [7, 11) is 0. The first kappa shape index (κ1) is 11.9. The highest BCUT2D eigenvalue weighted by Gasteiger charge is 2.34. The zero-order valence-corrected chi connectivity index (χ0v) is 8.61. The number of pyridine rings is 1. The largest absolute Gasteiger partial charge is 0.418 e. The maximum absolute atomic E-state index is 13.5. The fourth-order valence-corrected chi connectivity index (χ4v) is 1.29. The van der Waals surface area contributed by atoms with Crippen molar-refractivity contribution in [1.29, 1.82) is 0 Å². The molecule has 1 aromatic rings. The Balaban J connectivity index is 3.34. The third kappa shape index (κ3) is 2.27. The molecule has 0 aliphatic rings. The monoisotopic (exact) mass is 221 g/mol. The fraction of sp³-hybridized carbons (Fsp3) is 0.500. The van der Waals surface area contributed by atoms with Crippen molar-refractivity contribution in [3.63, 3.8) is 0 Å². The van der Waals surface area contributed by atoms with E-state index in [1.807, 2.05) is 0 Å². The average molecular weight is 221 g/mol. The summed E-state index contributed by atoms with van der Waals surface area (Å²) in [5.41, 5.74) is -1.33. The summed E-state index contributed by atoms with van der Waals surface area (Å²) in [6.45, 7) is 4.47. The molecule has 5 heteroatoms. The van der Waals surface area contributed by atoms with Crippen molar-refractivity contribution in [3.8, 4) is 0 Å². The standard InChI is InChI=1S/C10H11F4N/c1-5(2)9-8(11)6(3)7(4-15-9)10(12,13)14/h4-5H,1-3H3. The molecule has 84 valence electrons. The summed E-state index contributed by atoms with van der Waals surface area (Å²) in [6.07, 6.45) is -3.86. The third-order valence-electron chi connectivity index (χ3n) is 2.14. The van der Waals surface area contributed by atoms with Crippen molar-refractivity contribution in [2.75, 3.05) is 0 Å². The summed E-state index contributed by atoms with van der Waals surface area (Å²) < 4.78 is 50.5. The van der Waals surface area contributed by atoms with Gasteiger partial charge < -0.3 is 0 Å². The lowest BCUT2D eigenvalue weighted by molar-refractivity contribution is -0.138. The molecule has 0 saturated heterocycles. The Labute approximate surface area is 85.1 Å². The van der Waals surface area contributed by atoms with E-state index in [-0.39, 0.29) is 17.2 Å². The first-order valence-corrected chi connectivity index (χ1v) is 4.47. The van der Waals surface area contributed by atoms with E-state index in [0.717, 1.165) is 6.92 Å². The summed E-state index contributed by atoms with van der Waals surface area (Å²) in [6, 6.07) is 0. The van der Waals surface area contributed by atoms with Gasteiger partial charge in [-0.2, -0.15) is 13.2 Å². The van der Waals surface area contributed by atoms with Gasteiger partial charge in [0.2, 0.25) is 0 Å². The molecule has 0 spiro atoms. The predicted molar refractivity (Wildman–Crippen MR) is 48.0 cm³/mol. The Morgan fingerprint density at radius 1 is 1.27 bits per heavy atom. The van der Waals surface area contributed by atoms with E-state index in [9.17, 15) is 17.6 Å². The van der Waals surface area contributed by atoms with Gasteiger partial charge in [-0.25, -0.2) is 4.39 Å². The second-order valence-corrected chi connectivity index (χ2v) is 3.65. The SMILES string of the molecule is Cc1c(C(F)(F)F)cnc(C(C)C)c1F. The van der Waals surface area contributed by atoms with Crippen molar-refractivity contribution in [3.05, 3.63) is 28.8 Å². The highest BCUT2D eigenvalue weighted by atomic mass is 19.4. The zero-order chi connectivity index (χ0) is 11.8. The van der Waals surface area contributed by atoms with E-state index in [0.29, 0.717) is 6.20 Å². The van der Waals surface area contributed by atoms with Crippen LogP contribution in [-0.2, 0) is 6.18 Å². The lowest BCUT2D eigenvalue weighted by atomic mass is 10.0. The number of rotatable bonds is 1. The predicted octanol–water partition coefficient (Wildman–Crippen LogP) is 3.67. The minimum Gasteiger partial charge on any atom is -0.257 e. The molecule has 0 aromatic carbocycles. The van der Waals surface area contributed by atoms with E-state index in [4.69, 9.17) is 0 Å². The molecule has 15 heavy (non-hydrogen) atoms. The van der Waals surface area contributed by atoms with Gasteiger partial charge in [0, 0.05) is 11.8 Å². The van der Waals surface area contributed by atoms with Crippen LogP contribution in [0.3, 0.4) is 0 Å². The van der Waals surface area contributed by atoms with Crippen LogP contribution >= 0.6 is 0 Å². The van der Waals surface area contributed by atoms with Gasteiger partial charge in [0.05, 0.1) is 11.3 Å². The Bertz CT molecular complexity index is 368. The van der Waals surface area contributed by atoms with Gasteiger partial charge in [0.1, 0.15) is 5.82 Å². The van der Waals surface area contributed by atoms with E-state index in [1.54, 1.807) is 13.8 Å². The topological polar surface area (TPSA) is 12.9 Å². The Morgan fingerprint density at radius 2 is 1.80 bits per heavy atom. The first-order valence-electron chi connectivity index (χ1n) is 4.47. The summed E-state index contributed by atoms with van der Waals surface area (Å²) in [5, 5.41) is 0. The van der Waals surface area contributed by atoms with Crippen LogP contribution in [0, 0.1) is 12.7 Å². The molecule has 1 nitrogen and oxygen atoms in total. The van der Waals surface area contributed by atoms with Crippen LogP contribution < -0.4 is 0 Å². The number of alkyl halides is 3.